The van der Waals surface area contributed by atoms with Gasteiger partial charge in [0.15, 0.2) is 0 Å². The number of carbonyl (C=O) groups is 2. The molecule has 0 aliphatic heterocycles. The normalized spacial score (nSPS) is 13.7. The third-order valence-corrected chi connectivity index (χ3v) is 2.23. The molecule has 0 unspecified atom stereocenters. The monoisotopic (exact) mass is 231 g/mol. The van der Waals surface area contributed by atoms with Crippen molar-refractivity contribution in [3.63, 3.8) is 0 Å². The van der Waals surface area contributed by atoms with Crippen molar-refractivity contribution in [1.29, 1.82) is 0 Å². The number of Topliss-reactive ketones (excluding diaryl/α,β-unsaturated/α-hetero) is 1. The Labute approximate surface area is 81.6 Å². The Hall–Kier alpha value is -0.760. The summed E-state index contributed by atoms with van der Waals surface area (Å²) in [4.78, 5) is 20.4. The van der Waals surface area contributed by atoms with E-state index in [1.165, 1.54) is 0 Å². The first-order valence-electron chi connectivity index (χ1n) is 3.41. The van der Waals surface area contributed by atoms with Crippen molar-refractivity contribution in [3.05, 3.63) is 0 Å². The molecular weight excluding hydrogens is 223 g/mol. The molecule has 0 amide bonds. The van der Waals surface area contributed by atoms with Gasteiger partial charge in [0.1, 0.15) is 6.04 Å². The zero-order chi connectivity index (χ0) is 11.4. The van der Waals surface area contributed by atoms with Crippen LogP contribution in [0, 0.1) is 0 Å². The Morgan fingerprint density at radius 2 is 1.93 bits per heavy atom. The van der Waals surface area contributed by atoms with Crippen molar-refractivity contribution in [2.45, 2.75) is 12.2 Å². The number of carbonyl (C=O) groups excluding carboxylic acids is 1. The Morgan fingerprint density at radius 1 is 1.43 bits per heavy atom. The van der Waals surface area contributed by atoms with E-state index < -0.39 is 29.7 Å². The number of hydrogen-bond donors (Lipinski definition) is 2. The summed E-state index contributed by atoms with van der Waals surface area (Å²) >= 11 is 0.549. The summed E-state index contributed by atoms with van der Waals surface area (Å²) in [5.74, 6) is -4.22. The van der Waals surface area contributed by atoms with E-state index in [9.17, 15) is 22.8 Å². The van der Waals surface area contributed by atoms with E-state index in [0.717, 1.165) is 0 Å². The average Bonchev–Trinajstić information content (AvgIpc) is 2.01. The molecule has 0 spiro atoms. The summed E-state index contributed by atoms with van der Waals surface area (Å²) in [6.45, 7) is 0. The third kappa shape index (κ3) is 5.07. The van der Waals surface area contributed by atoms with Gasteiger partial charge in [-0.15, -0.1) is 0 Å². The Kier molecular flexibility index (Phi) is 4.92. The van der Waals surface area contributed by atoms with E-state index in [4.69, 9.17) is 10.8 Å². The number of halogens is 3. The van der Waals surface area contributed by atoms with Crippen LogP contribution in [0.2, 0.25) is 0 Å². The van der Waals surface area contributed by atoms with Gasteiger partial charge in [-0.05, 0) is 0 Å². The van der Waals surface area contributed by atoms with Crippen LogP contribution < -0.4 is 5.73 Å². The summed E-state index contributed by atoms with van der Waals surface area (Å²) in [6.07, 6.45) is -4.86. The van der Waals surface area contributed by atoms with Gasteiger partial charge >= 0.3 is 12.1 Å². The smallest absolute Gasteiger partial charge is 0.450 e. The highest BCUT2D eigenvalue weighted by molar-refractivity contribution is 8.00. The Balaban J connectivity index is 3.76. The molecule has 1 atom stereocenters. The number of carboxylic acids is 1. The molecule has 4 nitrogen and oxygen atoms in total. The molecule has 0 aromatic carbocycles. The second kappa shape index (κ2) is 5.20. The van der Waals surface area contributed by atoms with Gasteiger partial charge in [0.25, 0.3) is 0 Å². The second-order valence-corrected chi connectivity index (χ2v) is 3.41. The molecule has 0 radical (unpaired) electrons. The molecule has 0 aromatic heterocycles. The summed E-state index contributed by atoms with van der Waals surface area (Å²) in [6, 6.07) is -1.25. The van der Waals surface area contributed by atoms with Crippen molar-refractivity contribution in [3.8, 4) is 0 Å². The van der Waals surface area contributed by atoms with Crippen LogP contribution in [0.25, 0.3) is 0 Å². The number of ketones is 1. The van der Waals surface area contributed by atoms with Gasteiger partial charge < -0.3 is 10.8 Å². The highest BCUT2D eigenvalue weighted by atomic mass is 32.2. The van der Waals surface area contributed by atoms with Crippen LogP contribution in [0.1, 0.15) is 0 Å². The fourth-order valence-electron chi connectivity index (χ4n) is 0.432. The van der Waals surface area contributed by atoms with Crippen molar-refractivity contribution < 1.29 is 27.9 Å². The molecule has 0 aliphatic rings. The third-order valence-electron chi connectivity index (χ3n) is 1.16. The first-order chi connectivity index (χ1) is 6.25. The Bertz CT molecular complexity index is 231. The standard InChI is InChI=1S/C6H8F3NO3S/c7-6(8,9)4(11)2-14-1-3(10)5(12)13/h3H,1-2,10H2,(H,12,13)/t3-/m0/s1. The SMILES string of the molecule is N[C@@H](CSCC(=O)C(F)(F)F)C(=O)O. The number of carboxylic acid groups (broad SMARTS) is 1. The minimum atomic E-state index is -4.86. The summed E-state index contributed by atoms with van der Waals surface area (Å²) in [5.41, 5.74) is 5.00. The van der Waals surface area contributed by atoms with Gasteiger partial charge in [0.05, 0.1) is 5.75 Å². The maximum absolute atomic E-state index is 11.6. The van der Waals surface area contributed by atoms with E-state index in [2.05, 4.69) is 0 Å². The van der Waals surface area contributed by atoms with Crippen LogP contribution in [0.4, 0.5) is 13.2 Å². The molecular formula is C6H8F3NO3S. The molecule has 8 heteroatoms. The molecule has 0 aromatic rings. The molecule has 0 heterocycles. The molecule has 0 bridgehead atoms. The molecule has 0 saturated heterocycles. The van der Waals surface area contributed by atoms with Crippen molar-refractivity contribution >= 4 is 23.5 Å². The average molecular weight is 231 g/mol. The fraction of sp³-hybridized carbons (Fsp3) is 0.667. The maximum Gasteiger partial charge on any atom is 0.450 e. The first-order valence-corrected chi connectivity index (χ1v) is 4.56. The van der Waals surface area contributed by atoms with E-state index in [0.29, 0.717) is 11.8 Å². The first kappa shape index (κ1) is 13.2. The zero-order valence-corrected chi connectivity index (χ0v) is 7.69. The minimum absolute atomic E-state index is 0.225. The molecule has 0 saturated carbocycles. The van der Waals surface area contributed by atoms with Gasteiger partial charge in [-0.25, -0.2) is 0 Å². The summed E-state index contributed by atoms with van der Waals surface area (Å²) in [7, 11) is 0. The molecule has 14 heavy (non-hydrogen) atoms. The van der Waals surface area contributed by atoms with Crippen molar-refractivity contribution in [2.75, 3.05) is 11.5 Å². The molecule has 3 N–H and O–H groups in total. The van der Waals surface area contributed by atoms with Gasteiger partial charge in [-0.2, -0.15) is 24.9 Å². The zero-order valence-electron chi connectivity index (χ0n) is 6.87. The fourth-order valence-corrected chi connectivity index (χ4v) is 1.30. The van der Waals surface area contributed by atoms with Crippen molar-refractivity contribution in [2.24, 2.45) is 5.73 Å². The number of alkyl halides is 3. The Morgan fingerprint density at radius 3 is 2.29 bits per heavy atom. The highest BCUT2D eigenvalue weighted by Crippen LogP contribution is 2.18. The van der Waals surface area contributed by atoms with Crippen LogP contribution in [0.3, 0.4) is 0 Å². The minimum Gasteiger partial charge on any atom is -0.480 e. The van der Waals surface area contributed by atoms with Gasteiger partial charge in [0, 0.05) is 5.75 Å². The van der Waals surface area contributed by atoms with Gasteiger partial charge in [-0.1, -0.05) is 0 Å². The predicted molar refractivity (Wildman–Crippen MR) is 44.0 cm³/mol. The van der Waals surface area contributed by atoms with E-state index in [-0.39, 0.29) is 5.75 Å². The van der Waals surface area contributed by atoms with Crippen LogP contribution in [-0.2, 0) is 9.59 Å². The summed E-state index contributed by atoms with van der Waals surface area (Å²) < 4.78 is 34.9. The lowest BCUT2D eigenvalue weighted by molar-refractivity contribution is -0.167. The molecule has 0 fully saturated rings. The van der Waals surface area contributed by atoms with Gasteiger partial charge in [-0.3, -0.25) is 9.59 Å². The van der Waals surface area contributed by atoms with Crippen LogP contribution >= 0.6 is 11.8 Å². The lowest BCUT2D eigenvalue weighted by Crippen LogP contribution is -2.33. The van der Waals surface area contributed by atoms with Gasteiger partial charge in [0.2, 0.25) is 5.78 Å². The lowest BCUT2D eigenvalue weighted by atomic mass is 10.4. The predicted octanol–water partition coefficient (Wildman–Crippen LogP) is 0.263. The van der Waals surface area contributed by atoms with Crippen molar-refractivity contribution in [1.82, 2.24) is 0 Å². The number of rotatable bonds is 5. The lowest BCUT2D eigenvalue weighted by Gasteiger charge is -2.06. The quantitative estimate of drug-likeness (QED) is 0.709. The van der Waals surface area contributed by atoms with Crippen LogP contribution in [0.5, 0.6) is 0 Å². The molecule has 0 rings (SSSR count). The number of hydrogen-bond acceptors (Lipinski definition) is 4. The van der Waals surface area contributed by atoms with E-state index >= 15 is 0 Å². The maximum atomic E-state index is 11.6. The molecule has 0 aliphatic carbocycles. The number of nitrogens with two attached hydrogens (primary N) is 1. The van der Waals surface area contributed by atoms with Crippen LogP contribution in [-0.4, -0.2) is 40.6 Å². The van der Waals surface area contributed by atoms with Crippen LogP contribution in [0.15, 0.2) is 0 Å². The topological polar surface area (TPSA) is 80.4 Å². The summed E-state index contributed by atoms with van der Waals surface area (Å²) in [5, 5.41) is 8.26. The van der Waals surface area contributed by atoms with E-state index in [1.54, 1.807) is 0 Å². The second-order valence-electron chi connectivity index (χ2n) is 2.38. The molecule has 82 valence electrons. The largest absolute Gasteiger partial charge is 0.480 e. The number of aliphatic carboxylic acids is 1. The highest BCUT2D eigenvalue weighted by Gasteiger charge is 2.37. The number of thioether (sulfide) groups is 1. The van der Waals surface area contributed by atoms with E-state index in [1.807, 2.05) is 0 Å².